The van der Waals surface area contributed by atoms with Gasteiger partial charge in [0.05, 0.1) is 11.6 Å². The van der Waals surface area contributed by atoms with E-state index in [9.17, 15) is 9.90 Å². The Morgan fingerprint density at radius 1 is 0.909 bits per heavy atom. The van der Waals surface area contributed by atoms with Crippen LogP contribution in [0, 0.1) is 0 Å². The van der Waals surface area contributed by atoms with E-state index in [0.717, 1.165) is 76.6 Å². The van der Waals surface area contributed by atoms with Crippen molar-refractivity contribution >= 4 is 23.3 Å². The quantitative estimate of drug-likeness (QED) is 0.317. The lowest BCUT2D eigenvalue weighted by molar-refractivity contribution is -0.0000254. The van der Waals surface area contributed by atoms with Gasteiger partial charge in [-0.15, -0.1) is 0 Å². The van der Waals surface area contributed by atoms with Crippen molar-refractivity contribution in [1.82, 2.24) is 4.58 Å². The summed E-state index contributed by atoms with van der Waals surface area (Å²) in [5.74, 6) is 2.00. The molecule has 2 aliphatic heterocycles. The molecule has 2 heterocycles. The third-order valence-corrected chi connectivity index (χ3v) is 8.98. The Morgan fingerprint density at radius 3 is 2.32 bits per heavy atom. The van der Waals surface area contributed by atoms with Crippen molar-refractivity contribution in [3.8, 4) is 17.1 Å². The molecule has 2 aromatic carbocycles. The molecule has 2 aliphatic carbocycles. The summed E-state index contributed by atoms with van der Waals surface area (Å²) in [4.78, 5) is 14.8. The second-order valence-electron chi connectivity index (χ2n) is 11.6. The van der Waals surface area contributed by atoms with Crippen LogP contribution in [0.15, 0.2) is 82.5 Å². The number of rotatable bonds is 7. The fourth-order valence-corrected chi connectivity index (χ4v) is 6.67. The van der Waals surface area contributed by atoms with Crippen molar-refractivity contribution in [2.24, 2.45) is 0 Å². The van der Waals surface area contributed by atoms with Crippen LogP contribution >= 0.6 is 0 Å². The molecule has 1 N–H and O–H groups in total. The zero-order valence-corrected chi connectivity index (χ0v) is 27.0. The highest BCUT2D eigenvalue weighted by Crippen LogP contribution is 2.54. The summed E-state index contributed by atoms with van der Waals surface area (Å²) in [6.07, 6.45) is 1.98. The Hall–Kier alpha value is -4.29. The smallest absolute Gasteiger partial charge is 0.336 e. The predicted molar refractivity (Wildman–Crippen MR) is 173 cm³/mol. The number of nitrogens with zero attached hydrogens (tertiary/aromatic N) is 2. The molecule has 0 bridgehead atoms. The number of anilines is 1. The van der Waals surface area contributed by atoms with Crippen LogP contribution in [-0.4, -0.2) is 37.3 Å². The van der Waals surface area contributed by atoms with Crippen LogP contribution in [-0.2, 0) is 5.41 Å². The minimum absolute atomic E-state index is 0. The highest BCUT2D eigenvalue weighted by Gasteiger charge is 2.42. The van der Waals surface area contributed by atoms with Crippen molar-refractivity contribution in [1.29, 1.82) is 0 Å². The van der Waals surface area contributed by atoms with Gasteiger partial charge in [-0.05, 0) is 63.6 Å². The number of benzene rings is 3. The maximum absolute atomic E-state index is 12.5. The number of aromatic carboxylic acids is 1. The monoisotopic (exact) mass is 610 g/mol. The number of hydrogen-bond acceptors (Lipinski definition) is 4. The predicted octanol–water partition coefficient (Wildman–Crippen LogP) is 4.27. The highest BCUT2D eigenvalue weighted by atomic mass is 35.5. The van der Waals surface area contributed by atoms with Gasteiger partial charge >= 0.3 is 5.97 Å². The molecule has 7 heteroatoms. The molecule has 6 rings (SSSR count). The number of carboxylic acids is 1. The van der Waals surface area contributed by atoms with E-state index < -0.39 is 11.4 Å². The lowest BCUT2D eigenvalue weighted by Crippen LogP contribution is -3.00. The van der Waals surface area contributed by atoms with E-state index in [-0.39, 0.29) is 18.0 Å². The van der Waals surface area contributed by atoms with Gasteiger partial charge in [0.1, 0.15) is 36.1 Å². The zero-order chi connectivity index (χ0) is 30.5. The largest absolute Gasteiger partial charge is 1.00 e. The van der Waals surface area contributed by atoms with Crippen molar-refractivity contribution in [2.45, 2.75) is 47.0 Å². The molecule has 6 nitrogen and oxygen atoms in total. The lowest BCUT2D eigenvalue weighted by Gasteiger charge is -2.40. The van der Waals surface area contributed by atoms with E-state index in [1.54, 1.807) is 12.1 Å². The minimum atomic E-state index is -0.957. The van der Waals surface area contributed by atoms with Gasteiger partial charge in [0.25, 0.3) is 0 Å². The summed E-state index contributed by atoms with van der Waals surface area (Å²) in [6.45, 7) is 16.5. The number of hydrogen-bond donors (Lipinski definition) is 1. The maximum Gasteiger partial charge on any atom is 0.336 e. The third-order valence-electron chi connectivity index (χ3n) is 8.98. The number of carbonyl (C=O) groups is 1. The summed E-state index contributed by atoms with van der Waals surface area (Å²) in [7, 11) is 0. The number of carboxylic acid groups (broad SMARTS) is 1. The van der Waals surface area contributed by atoms with E-state index >= 15 is 0 Å². The van der Waals surface area contributed by atoms with Gasteiger partial charge in [-0.25, -0.2) is 9.37 Å². The number of fused-ring (bicyclic) bond motifs is 4. The highest BCUT2D eigenvalue weighted by molar-refractivity contribution is 6.01. The normalized spacial score (nSPS) is 14.5. The SMILES string of the molecule is CCN(CC)c1ccc2c(c1)OC1=Cc3oc4cc(=[N+](CC)CC)ccc-4cc3C(C)(C)C1=C2c1ccccc1C(=O)O.[Cl-]. The zero-order valence-electron chi connectivity index (χ0n) is 26.2. The van der Waals surface area contributed by atoms with Crippen LogP contribution in [0.4, 0.5) is 5.69 Å². The van der Waals surface area contributed by atoms with Gasteiger partial charge < -0.3 is 31.6 Å². The molecular weight excluding hydrogens is 572 g/mol. The number of ether oxygens (including phenoxy) is 1. The molecule has 0 saturated carbocycles. The first-order valence-corrected chi connectivity index (χ1v) is 15.2. The average Bonchev–Trinajstić information content (AvgIpc) is 3.00. The molecule has 0 radical (unpaired) electrons. The topological polar surface area (TPSA) is 65.9 Å². The molecule has 44 heavy (non-hydrogen) atoms. The third kappa shape index (κ3) is 5.01. The van der Waals surface area contributed by atoms with Crippen molar-refractivity contribution < 1.29 is 31.5 Å². The van der Waals surface area contributed by atoms with Gasteiger partial charge in [-0.2, -0.15) is 0 Å². The molecule has 0 saturated heterocycles. The van der Waals surface area contributed by atoms with E-state index in [1.807, 2.05) is 18.2 Å². The van der Waals surface area contributed by atoms with Crippen LogP contribution in [0.3, 0.4) is 0 Å². The molecule has 0 amide bonds. The van der Waals surface area contributed by atoms with Gasteiger partial charge in [0.15, 0.2) is 0 Å². The van der Waals surface area contributed by atoms with Crippen LogP contribution in [0.25, 0.3) is 23.0 Å². The van der Waals surface area contributed by atoms with Crippen molar-refractivity contribution in [3.05, 3.63) is 111 Å². The Balaban J connectivity index is 0.00000384. The van der Waals surface area contributed by atoms with Crippen molar-refractivity contribution in [2.75, 3.05) is 31.1 Å². The number of allylic oxidation sites excluding steroid dienone is 1. The van der Waals surface area contributed by atoms with E-state index in [1.165, 1.54) is 0 Å². The standard InChI is InChI=1S/C37H38N2O4.ClH/c1-7-38(8-2)24-16-15-23-19-29-32(42-30(23)20-24)22-33-35(37(29,5)6)34(26-13-11-12-14-27(26)36(40)41)28-18-17-25(21-31(28)43-33)39(9-3)10-4;/h11-22H,7-10H2,1-6H3;1H. The van der Waals surface area contributed by atoms with Gasteiger partial charge in [-0.1, -0.05) is 32.0 Å². The summed E-state index contributed by atoms with van der Waals surface area (Å²) < 4.78 is 15.7. The fourth-order valence-electron chi connectivity index (χ4n) is 6.67. The fraction of sp³-hybridized carbons (Fsp3) is 0.297. The van der Waals surface area contributed by atoms with Gasteiger partial charge in [-0.3, -0.25) is 0 Å². The van der Waals surface area contributed by atoms with Crippen LogP contribution in [0.2, 0.25) is 0 Å². The van der Waals surface area contributed by atoms with Crippen LogP contribution < -0.4 is 32.0 Å². The minimum Gasteiger partial charge on any atom is -1.00 e. The summed E-state index contributed by atoms with van der Waals surface area (Å²) in [6, 6.07) is 22.1. The second kappa shape index (κ2) is 12.0. The Morgan fingerprint density at radius 2 is 1.64 bits per heavy atom. The first-order chi connectivity index (χ1) is 20.7. The van der Waals surface area contributed by atoms with Crippen LogP contribution in [0.1, 0.15) is 74.4 Å². The summed E-state index contributed by atoms with van der Waals surface area (Å²) >= 11 is 0. The van der Waals surface area contributed by atoms with Gasteiger partial charge in [0.2, 0.25) is 5.36 Å². The van der Waals surface area contributed by atoms with E-state index in [0.29, 0.717) is 17.1 Å². The van der Waals surface area contributed by atoms with Crippen molar-refractivity contribution in [3.63, 3.8) is 0 Å². The molecule has 0 atom stereocenters. The Kier molecular flexibility index (Phi) is 8.50. The molecule has 0 fully saturated rings. The van der Waals surface area contributed by atoms with E-state index in [4.69, 9.17) is 9.15 Å². The molecule has 2 aromatic rings. The summed E-state index contributed by atoms with van der Waals surface area (Å²) in [5.41, 5.74) is 6.22. The first kappa shape index (κ1) is 31.1. The molecule has 0 spiro atoms. The van der Waals surface area contributed by atoms with Gasteiger partial charge in [0, 0.05) is 70.2 Å². The maximum atomic E-state index is 12.5. The van der Waals surface area contributed by atoms with E-state index in [2.05, 4.69) is 93.5 Å². The number of halogens is 1. The molecule has 4 aliphatic rings. The first-order valence-electron chi connectivity index (χ1n) is 15.2. The molecular formula is C37H39ClN2O4. The lowest BCUT2D eigenvalue weighted by atomic mass is 9.68. The average molecular weight is 611 g/mol. The molecule has 0 unspecified atom stereocenters. The molecule has 228 valence electrons. The second-order valence-corrected chi connectivity index (χ2v) is 11.6. The summed E-state index contributed by atoms with van der Waals surface area (Å²) in [5, 5.41) is 11.4. The molecule has 0 aromatic heterocycles. The Labute approximate surface area is 265 Å². The Bertz CT molecular complexity index is 1850. The van der Waals surface area contributed by atoms with Crippen LogP contribution in [0.5, 0.6) is 5.75 Å².